The number of methoxy groups -OCH3 is 1. The summed E-state index contributed by atoms with van der Waals surface area (Å²) in [6, 6.07) is 12.5. The maximum Gasteiger partial charge on any atom is 0.416 e. The van der Waals surface area contributed by atoms with Gasteiger partial charge in [-0.3, -0.25) is 19.4 Å². The first kappa shape index (κ1) is 28.9. The number of hydrogen-bond acceptors (Lipinski definition) is 6. The number of amides is 2. The van der Waals surface area contributed by atoms with E-state index in [-0.39, 0.29) is 23.9 Å². The van der Waals surface area contributed by atoms with Crippen molar-refractivity contribution in [3.8, 4) is 0 Å². The standard InChI is InChI=1S/C30H34F3N3O5/c1-40-27(38)24-10-14-35(15-11-24)26(37)23-6-2-22(3-7-23)19-36-20-29(41-28(36)39)12-16-34(17-13-29)18-21-4-8-25(9-5-21)30(31,32)33/h2-9,24H,10-20H2,1H3. The Labute approximate surface area is 237 Å². The van der Waals surface area contributed by atoms with Gasteiger partial charge in [-0.15, -0.1) is 0 Å². The Kier molecular flexibility index (Phi) is 8.26. The van der Waals surface area contributed by atoms with Gasteiger partial charge in [0.2, 0.25) is 0 Å². The molecule has 0 bridgehead atoms. The fraction of sp³-hybridized carbons (Fsp3) is 0.500. The Morgan fingerprint density at radius 2 is 1.51 bits per heavy atom. The van der Waals surface area contributed by atoms with E-state index in [0.29, 0.717) is 77.1 Å². The fourth-order valence-electron chi connectivity index (χ4n) is 5.89. The third-order valence-electron chi connectivity index (χ3n) is 8.39. The Balaban J connectivity index is 1.10. The molecule has 3 aliphatic rings. The quantitative estimate of drug-likeness (QED) is 0.466. The van der Waals surface area contributed by atoms with E-state index in [0.717, 1.165) is 23.3 Å². The van der Waals surface area contributed by atoms with Crippen LogP contribution < -0.4 is 0 Å². The van der Waals surface area contributed by atoms with Gasteiger partial charge < -0.3 is 14.4 Å². The summed E-state index contributed by atoms with van der Waals surface area (Å²) >= 11 is 0. The molecule has 8 nitrogen and oxygen atoms in total. The number of rotatable bonds is 6. The zero-order valence-corrected chi connectivity index (χ0v) is 23.0. The highest BCUT2D eigenvalue weighted by atomic mass is 19.4. The van der Waals surface area contributed by atoms with E-state index < -0.39 is 17.3 Å². The van der Waals surface area contributed by atoms with Gasteiger partial charge in [0.15, 0.2) is 0 Å². The molecule has 3 heterocycles. The number of hydrogen-bond donors (Lipinski definition) is 0. The van der Waals surface area contributed by atoms with Gasteiger partial charge in [0.05, 0.1) is 25.1 Å². The number of alkyl halides is 3. The SMILES string of the molecule is COC(=O)C1CCN(C(=O)c2ccc(CN3CC4(CCN(Cc5ccc(C(F)(F)F)cc5)CC4)OC3=O)cc2)CC1. The van der Waals surface area contributed by atoms with Crippen molar-refractivity contribution in [2.24, 2.45) is 5.92 Å². The molecule has 220 valence electrons. The summed E-state index contributed by atoms with van der Waals surface area (Å²) in [5.41, 5.74) is 1.03. The molecule has 0 atom stereocenters. The first-order chi connectivity index (χ1) is 19.5. The summed E-state index contributed by atoms with van der Waals surface area (Å²) in [5.74, 6) is -0.476. The van der Waals surface area contributed by atoms with Crippen molar-refractivity contribution >= 4 is 18.0 Å². The van der Waals surface area contributed by atoms with Gasteiger partial charge in [-0.1, -0.05) is 24.3 Å². The van der Waals surface area contributed by atoms with E-state index in [2.05, 4.69) is 4.90 Å². The van der Waals surface area contributed by atoms with Gasteiger partial charge in [-0.25, -0.2) is 4.79 Å². The lowest BCUT2D eigenvalue weighted by Gasteiger charge is -2.37. The van der Waals surface area contributed by atoms with Gasteiger partial charge in [0.25, 0.3) is 5.91 Å². The van der Waals surface area contributed by atoms with Gasteiger partial charge in [-0.05, 0) is 48.2 Å². The topological polar surface area (TPSA) is 79.4 Å². The molecule has 11 heteroatoms. The summed E-state index contributed by atoms with van der Waals surface area (Å²) in [4.78, 5) is 43.0. The zero-order chi connectivity index (χ0) is 29.2. The largest absolute Gasteiger partial charge is 0.469 e. The molecule has 0 radical (unpaired) electrons. The lowest BCUT2D eigenvalue weighted by atomic mass is 9.91. The maximum atomic E-state index is 12.9. The number of halogens is 3. The number of ether oxygens (including phenoxy) is 2. The molecule has 0 unspecified atom stereocenters. The predicted molar refractivity (Wildman–Crippen MR) is 143 cm³/mol. The molecule has 3 saturated heterocycles. The van der Waals surface area contributed by atoms with Crippen LogP contribution in [0.3, 0.4) is 0 Å². The first-order valence-electron chi connectivity index (χ1n) is 13.9. The van der Waals surface area contributed by atoms with Crippen molar-refractivity contribution in [2.45, 2.75) is 50.6 Å². The average Bonchev–Trinajstić information content (AvgIpc) is 3.27. The number of nitrogens with zero attached hydrogens (tertiary/aromatic N) is 3. The first-order valence-corrected chi connectivity index (χ1v) is 13.9. The summed E-state index contributed by atoms with van der Waals surface area (Å²) < 4.78 is 49.1. The molecule has 3 aliphatic heterocycles. The molecule has 2 aromatic rings. The predicted octanol–water partition coefficient (Wildman–Crippen LogP) is 4.72. The number of esters is 1. The average molecular weight is 574 g/mol. The van der Waals surface area contributed by atoms with Crippen molar-refractivity contribution in [3.05, 3.63) is 70.8 Å². The van der Waals surface area contributed by atoms with Crippen LogP contribution in [0.2, 0.25) is 0 Å². The number of piperidine rings is 2. The van der Waals surface area contributed by atoms with E-state index in [4.69, 9.17) is 9.47 Å². The van der Waals surface area contributed by atoms with Crippen molar-refractivity contribution in [1.29, 1.82) is 0 Å². The summed E-state index contributed by atoms with van der Waals surface area (Å²) in [7, 11) is 1.38. The molecule has 1 spiro atoms. The van der Waals surface area contributed by atoms with Crippen LogP contribution in [0.15, 0.2) is 48.5 Å². The maximum absolute atomic E-state index is 12.9. The van der Waals surface area contributed by atoms with Crippen molar-refractivity contribution < 1.29 is 37.0 Å². The molecule has 0 aromatic heterocycles. The summed E-state index contributed by atoms with van der Waals surface area (Å²) in [5, 5.41) is 0. The van der Waals surface area contributed by atoms with Crippen molar-refractivity contribution in [1.82, 2.24) is 14.7 Å². The van der Waals surface area contributed by atoms with Crippen LogP contribution in [-0.4, -0.2) is 78.1 Å². The fourth-order valence-corrected chi connectivity index (χ4v) is 5.89. The zero-order valence-electron chi connectivity index (χ0n) is 23.0. The van der Waals surface area contributed by atoms with E-state index in [9.17, 15) is 27.6 Å². The molecule has 5 rings (SSSR count). The monoisotopic (exact) mass is 573 g/mol. The van der Waals surface area contributed by atoms with Crippen LogP contribution in [0, 0.1) is 5.92 Å². The molecule has 2 amide bonds. The molecular formula is C30H34F3N3O5. The van der Waals surface area contributed by atoms with Crippen LogP contribution in [0.4, 0.5) is 18.0 Å². The number of carbonyl (C=O) groups excluding carboxylic acids is 3. The van der Waals surface area contributed by atoms with Gasteiger partial charge in [-0.2, -0.15) is 13.2 Å². The second kappa shape index (κ2) is 11.7. The molecule has 0 saturated carbocycles. The third-order valence-corrected chi connectivity index (χ3v) is 8.39. The second-order valence-electron chi connectivity index (χ2n) is 11.2. The van der Waals surface area contributed by atoms with Gasteiger partial charge in [0.1, 0.15) is 5.60 Å². The van der Waals surface area contributed by atoms with Crippen LogP contribution in [0.25, 0.3) is 0 Å². The highest BCUT2D eigenvalue weighted by molar-refractivity contribution is 5.94. The molecule has 3 fully saturated rings. The smallest absolute Gasteiger partial charge is 0.416 e. The van der Waals surface area contributed by atoms with Gasteiger partial charge >= 0.3 is 18.2 Å². The van der Waals surface area contributed by atoms with Crippen LogP contribution in [-0.2, 0) is 33.5 Å². The summed E-state index contributed by atoms with van der Waals surface area (Å²) in [6.45, 7) is 3.74. The van der Waals surface area contributed by atoms with E-state index >= 15 is 0 Å². The Bertz CT molecular complexity index is 1250. The van der Waals surface area contributed by atoms with Crippen LogP contribution in [0.5, 0.6) is 0 Å². The molecular weight excluding hydrogens is 539 g/mol. The highest BCUT2D eigenvalue weighted by Gasteiger charge is 2.46. The minimum absolute atomic E-state index is 0.0811. The molecule has 0 aliphatic carbocycles. The Morgan fingerprint density at radius 3 is 2.10 bits per heavy atom. The lowest BCUT2D eigenvalue weighted by Crippen LogP contribution is -2.46. The van der Waals surface area contributed by atoms with E-state index in [1.165, 1.54) is 19.2 Å². The van der Waals surface area contributed by atoms with Crippen LogP contribution in [0.1, 0.15) is 52.7 Å². The molecule has 0 N–H and O–H groups in total. The molecule has 2 aromatic carbocycles. The second-order valence-corrected chi connectivity index (χ2v) is 11.2. The minimum atomic E-state index is -4.35. The van der Waals surface area contributed by atoms with Gasteiger partial charge in [0, 0.05) is 57.7 Å². The van der Waals surface area contributed by atoms with Crippen molar-refractivity contribution in [2.75, 3.05) is 39.8 Å². The highest BCUT2D eigenvalue weighted by Crippen LogP contribution is 2.35. The van der Waals surface area contributed by atoms with Crippen molar-refractivity contribution in [3.63, 3.8) is 0 Å². The van der Waals surface area contributed by atoms with Crippen LogP contribution >= 0.6 is 0 Å². The lowest BCUT2D eigenvalue weighted by molar-refractivity contribution is -0.146. The normalized spacial score (nSPS) is 19.9. The number of likely N-dealkylation sites (tertiary alicyclic amines) is 2. The third kappa shape index (κ3) is 6.66. The Hall–Kier alpha value is -3.60. The minimum Gasteiger partial charge on any atom is -0.469 e. The van der Waals surface area contributed by atoms with E-state index in [1.54, 1.807) is 21.9 Å². The number of benzene rings is 2. The molecule has 41 heavy (non-hydrogen) atoms. The Morgan fingerprint density at radius 1 is 0.927 bits per heavy atom. The number of carbonyl (C=O) groups is 3. The van der Waals surface area contributed by atoms with E-state index in [1.807, 2.05) is 12.1 Å². The summed E-state index contributed by atoms with van der Waals surface area (Å²) in [6.07, 6.45) is -2.25.